The standard InChI is InChI=1S/C26H31N11O8/c27-33-31-20-5-1-18(2-6-20)29-22(38)13-36(16-25(42)43)11-9-35(15-24(40)41)10-12-37(17-26(44)45)14-23(39)30-19-3-7-21(8-4-19)32-34-28/h1-8H,9-17H2,(H,29,38)(H,30,39)(H,40,41)(H,42,43)(H,44,45). The third-order valence-corrected chi connectivity index (χ3v) is 5.90. The number of amides is 2. The number of nitrogens with one attached hydrogen (secondary N) is 2. The minimum atomic E-state index is -1.21. The SMILES string of the molecule is [N-]=[N+]=Nc1ccc(NC(=O)CN(CCN(CCN(CC(=O)O)CC(=O)Nc2ccc(N=[N+]=[N-])cc2)CC(=O)O)CC(=O)O)cc1. The fourth-order valence-electron chi connectivity index (χ4n) is 3.97. The van der Waals surface area contributed by atoms with Crippen LogP contribution in [0.3, 0.4) is 0 Å². The number of azide groups is 2. The van der Waals surface area contributed by atoms with Gasteiger partial charge in [0.1, 0.15) is 0 Å². The van der Waals surface area contributed by atoms with Crippen LogP contribution >= 0.6 is 0 Å². The minimum Gasteiger partial charge on any atom is -0.480 e. The van der Waals surface area contributed by atoms with Crippen LogP contribution in [0.5, 0.6) is 0 Å². The van der Waals surface area contributed by atoms with E-state index in [1.807, 2.05) is 0 Å². The van der Waals surface area contributed by atoms with Gasteiger partial charge < -0.3 is 26.0 Å². The molecule has 0 heterocycles. The molecule has 2 aromatic rings. The lowest BCUT2D eigenvalue weighted by Crippen LogP contribution is -2.46. The summed E-state index contributed by atoms with van der Waals surface area (Å²) in [5, 5.41) is 40.1. The highest BCUT2D eigenvalue weighted by atomic mass is 16.4. The first-order valence-electron chi connectivity index (χ1n) is 13.2. The van der Waals surface area contributed by atoms with E-state index in [1.165, 1.54) is 63.2 Å². The lowest BCUT2D eigenvalue weighted by molar-refractivity contribution is -0.140. The molecule has 238 valence electrons. The summed E-state index contributed by atoms with van der Waals surface area (Å²) in [5.41, 5.74) is 18.4. The van der Waals surface area contributed by atoms with Crippen LogP contribution in [0.15, 0.2) is 58.8 Å². The van der Waals surface area contributed by atoms with Crippen LogP contribution in [0, 0.1) is 0 Å². The average Bonchev–Trinajstić information content (AvgIpc) is 2.95. The molecule has 0 aliphatic carbocycles. The molecule has 0 saturated carbocycles. The molecule has 0 bridgehead atoms. The number of nitrogens with zero attached hydrogens (tertiary/aromatic N) is 9. The molecule has 2 rings (SSSR count). The Labute approximate surface area is 255 Å². The molecule has 0 atom stereocenters. The number of carbonyl (C=O) groups is 5. The van der Waals surface area contributed by atoms with Gasteiger partial charge in [0.15, 0.2) is 0 Å². The zero-order valence-electron chi connectivity index (χ0n) is 23.9. The van der Waals surface area contributed by atoms with Gasteiger partial charge in [-0.3, -0.25) is 38.7 Å². The van der Waals surface area contributed by atoms with E-state index in [0.717, 1.165) is 0 Å². The summed E-state index contributed by atoms with van der Waals surface area (Å²) in [4.78, 5) is 68.9. The summed E-state index contributed by atoms with van der Waals surface area (Å²) in [6.45, 7) is -2.17. The van der Waals surface area contributed by atoms with Gasteiger partial charge in [0, 0.05) is 58.8 Å². The van der Waals surface area contributed by atoms with E-state index >= 15 is 0 Å². The number of anilines is 2. The van der Waals surface area contributed by atoms with E-state index in [9.17, 15) is 39.3 Å². The van der Waals surface area contributed by atoms with E-state index in [-0.39, 0.29) is 39.3 Å². The second-order valence-electron chi connectivity index (χ2n) is 9.45. The molecule has 0 saturated heterocycles. The summed E-state index contributed by atoms with van der Waals surface area (Å²) in [6, 6.07) is 11.9. The fourth-order valence-corrected chi connectivity index (χ4v) is 3.97. The first-order valence-corrected chi connectivity index (χ1v) is 13.2. The Hall–Kier alpha value is -5.71. The van der Waals surface area contributed by atoms with Crippen LogP contribution in [-0.4, -0.2) is 119 Å². The number of aliphatic carboxylic acids is 3. The highest BCUT2D eigenvalue weighted by Gasteiger charge is 2.20. The van der Waals surface area contributed by atoms with E-state index < -0.39 is 49.4 Å². The minimum absolute atomic E-state index is 0.0123. The van der Waals surface area contributed by atoms with Crippen molar-refractivity contribution < 1.29 is 39.3 Å². The summed E-state index contributed by atoms with van der Waals surface area (Å²) in [5.74, 6) is -4.68. The Bertz CT molecular complexity index is 1340. The topological polar surface area (TPSA) is 277 Å². The molecule has 0 aromatic heterocycles. The predicted molar refractivity (Wildman–Crippen MR) is 160 cm³/mol. The number of hydrogen-bond donors (Lipinski definition) is 5. The largest absolute Gasteiger partial charge is 0.480 e. The van der Waals surface area contributed by atoms with Crippen molar-refractivity contribution in [2.24, 2.45) is 10.2 Å². The van der Waals surface area contributed by atoms with Crippen molar-refractivity contribution >= 4 is 52.5 Å². The van der Waals surface area contributed by atoms with E-state index in [1.54, 1.807) is 0 Å². The van der Waals surface area contributed by atoms with Gasteiger partial charge in [-0.2, -0.15) is 0 Å². The third kappa shape index (κ3) is 14.8. The number of hydrogen-bond acceptors (Lipinski definition) is 10. The van der Waals surface area contributed by atoms with Crippen LogP contribution in [-0.2, 0) is 24.0 Å². The van der Waals surface area contributed by atoms with Crippen molar-refractivity contribution in [1.82, 2.24) is 14.7 Å². The fraction of sp³-hybridized carbons (Fsp3) is 0.346. The molecule has 19 heteroatoms. The second-order valence-corrected chi connectivity index (χ2v) is 9.45. The van der Waals surface area contributed by atoms with Gasteiger partial charge in [-0.05, 0) is 35.3 Å². The van der Waals surface area contributed by atoms with Crippen molar-refractivity contribution in [2.45, 2.75) is 0 Å². The van der Waals surface area contributed by atoms with E-state index in [4.69, 9.17) is 11.1 Å². The molecule has 0 unspecified atom stereocenters. The summed E-state index contributed by atoms with van der Waals surface area (Å²) >= 11 is 0. The van der Waals surface area contributed by atoms with Gasteiger partial charge in [0.05, 0.1) is 32.7 Å². The molecule has 0 spiro atoms. The third-order valence-electron chi connectivity index (χ3n) is 5.90. The Morgan fingerprint density at radius 1 is 0.556 bits per heavy atom. The number of rotatable bonds is 20. The van der Waals surface area contributed by atoms with Gasteiger partial charge in [-0.25, -0.2) is 0 Å². The van der Waals surface area contributed by atoms with E-state index in [2.05, 4.69) is 30.7 Å². The molecule has 0 aliphatic rings. The van der Waals surface area contributed by atoms with Crippen LogP contribution in [0.1, 0.15) is 0 Å². The van der Waals surface area contributed by atoms with Crippen molar-refractivity contribution in [3.63, 3.8) is 0 Å². The quantitative estimate of drug-likeness (QED) is 0.0808. The van der Waals surface area contributed by atoms with Gasteiger partial charge >= 0.3 is 17.9 Å². The average molecular weight is 626 g/mol. The lowest BCUT2D eigenvalue weighted by atomic mass is 10.3. The van der Waals surface area contributed by atoms with Crippen molar-refractivity contribution in [3.8, 4) is 0 Å². The number of carboxylic acid groups (broad SMARTS) is 3. The van der Waals surface area contributed by atoms with Crippen LogP contribution in [0.2, 0.25) is 0 Å². The number of carbonyl (C=O) groups excluding carboxylic acids is 2. The molecule has 0 radical (unpaired) electrons. The summed E-state index contributed by atoms with van der Waals surface area (Å²) in [7, 11) is 0. The molecule has 45 heavy (non-hydrogen) atoms. The van der Waals surface area contributed by atoms with Crippen LogP contribution < -0.4 is 10.6 Å². The molecule has 0 fully saturated rings. The zero-order valence-corrected chi connectivity index (χ0v) is 23.9. The van der Waals surface area contributed by atoms with Gasteiger partial charge in [0.25, 0.3) is 0 Å². The van der Waals surface area contributed by atoms with Gasteiger partial charge in [-0.1, -0.05) is 34.5 Å². The summed E-state index contributed by atoms with van der Waals surface area (Å²) < 4.78 is 0. The molecule has 5 N–H and O–H groups in total. The molecule has 2 amide bonds. The maximum atomic E-state index is 12.6. The first-order chi connectivity index (χ1) is 21.5. The normalized spacial score (nSPS) is 10.6. The lowest BCUT2D eigenvalue weighted by Gasteiger charge is -2.28. The van der Waals surface area contributed by atoms with Crippen molar-refractivity contribution in [2.75, 3.05) is 69.5 Å². The molecular formula is C26H31N11O8. The van der Waals surface area contributed by atoms with E-state index in [0.29, 0.717) is 22.7 Å². The van der Waals surface area contributed by atoms with Crippen LogP contribution in [0.4, 0.5) is 22.7 Å². The Balaban J connectivity index is 2.00. The Morgan fingerprint density at radius 2 is 0.867 bits per heavy atom. The molecule has 2 aromatic carbocycles. The molecular weight excluding hydrogens is 594 g/mol. The maximum absolute atomic E-state index is 12.6. The van der Waals surface area contributed by atoms with Crippen LogP contribution in [0.25, 0.3) is 20.9 Å². The monoisotopic (exact) mass is 625 g/mol. The predicted octanol–water partition coefficient (Wildman–Crippen LogP) is 2.31. The summed E-state index contributed by atoms with van der Waals surface area (Å²) in [6.07, 6.45) is 0. The Morgan fingerprint density at radius 3 is 1.18 bits per heavy atom. The highest BCUT2D eigenvalue weighted by molar-refractivity contribution is 5.93. The molecule has 19 nitrogen and oxygen atoms in total. The molecule has 0 aliphatic heterocycles. The number of benzene rings is 2. The highest BCUT2D eigenvalue weighted by Crippen LogP contribution is 2.17. The van der Waals surface area contributed by atoms with Crippen molar-refractivity contribution in [3.05, 3.63) is 69.4 Å². The van der Waals surface area contributed by atoms with Crippen molar-refractivity contribution in [1.29, 1.82) is 0 Å². The van der Waals surface area contributed by atoms with Gasteiger partial charge in [-0.15, -0.1) is 0 Å². The second kappa shape index (κ2) is 18.7. The maximum Gasteiger partial charge on any atom is 0.317 e. The Kier molecular flexibility index (Phi) is 14.8. The number of carboxylic acids is 3. The first kappa shape index (κ1) is 35.5. The zero-order chi connectivity index (χ0) is 33.2. The van der Waals surface area contributed by atoms with Gasteiger partial charge in [0.2, 0.25) is 11.8 Å². The smallest absolute Gasteiger partial charge is 0.317 e.